The van der Waals surface area contributed by atoms with Crippen LogP contribution in [0.1, 0.15) is 27.5 Å². The summed E-state index contributed by atoms with van der Waals surface area (Å²) in [7, 11) is 0. The number of aromatic nitrogens is 1. The molecule has 7 heteroatoms. The topological polar surface area (TPSA) is 79.7 Å². The van der Waals surface area contributed by atoms with Crippen molar-refractivity contribution in [2.75, 3.05) is 13.1 Å². The molecule has 0 saturated carbocycles. The maximum Gasteiger partial charge on any atom is 0.308 e. The van der Waals surface area contributed by atoms with Crippen molar-refractivity contribution in [3.05, 3.63) is 45.9 Å². The van der Waals surface area contributed by atoms with Gasteiger partial charge in [-0.15, -0.1) is 11.3 Å². The van der Waals surface area contributed by atoms with Gasteiger partial charge in [-0.05, 0) is 31.5 Å². The molecule has 1 aliphatic rings. The molecule has 0 radical (unpaired) electrons. The Kier molecular flexibility index (Phi) is 4.80. The van der Waals surface area contributed by atoms with Gasteiger partial charge in [0.15, 0.2) is 0 Å². The van der Waals surface area contributed by atoms with Crippen LogP contribution in [0.25, 0.3) is 0 Å². The summed E-state index contributed by atoms with van der Waals surface area (Å²) < 4.78 is 5.70. The third-order valence-electron chi connectivity index (χ3n) is 3.96. The van der Waals surface area contributed by atoms with Crippen LogP contribution in [0.2, 0.25) is 0 Å². The molecule has 1 amide bonds. The van der Waals surface area contributed by atoms with Crippen molar-refractivity contribution in [1.82, 2.24) is 9.88 Å². The van der Waals surface area contributed by atoms with Crippen molar-refractivity contribution >= 4 is 23.2 Å². The number of rotatable bonds is 5. The minimum Gasteiger partial charge on any atom is -0.487 e. The van der Waals surface area contributed by atoms with Crippen LogP contribution >= 0.6 is 11.3 Å². The van der Waals surface area contributed by atoms with Crippen molar-refractivity contribution in [2.24, 2.45) is 5.92 Å². The normalized spacial score (nSPS) is 17.0. The van der Waals surface area contributed by atoms with E-state index in [0.29, 0.717) is 30.9 Å². The van der Waals surface area contributed by atoms with Gasteiger partial charge in [-0.2, -0.15) is 0 Å². The minimum atomic E-state index is -0.846. The highest BCUT2D eigenvalue weighted by Gasteiger charge is 2.31. The quantitative estimate of drug-likeness (QED) is 0.900. The summed E-state index contributed by atoms with van der Waals surface area (Å²) in [6.45, 7) is 3.02. The lowest BCUT2D eigenvalue weighted by Crippen LogP contribution is -2.29. The fraction of sp³-hybridized carbons (Fsp3) is 0.353. The average molecular weight is 346 g/mol. The van der Waals surface area contributed by atoms with Gasteiger partial charge < -0.3 is 14.7 Å². The molecule has 126 valence electrons. The zero-order chi connectivity index (χ0) is 17.1. The van der Waals surface area contributed by atoms with Crippen molar-refractivity contribution in [3.8, 4) is 5.75 Å². The van der Waals surface area contributed by atoms with Crippen LogP contribution in [-0.2, 0) is 11.4 Å². The highest BCUT2D eigenvalue weighted by molar-refractivity contribution is 7.09. The number of ether oxygens (including phenoxy) is 1. The van der Waals surface area contributed by atoms with Crippen molar-refractivity contribution in [1.29, 1.82) is 0 Å². The molecule has 0 aliphatic carbocycles. The molecular formula is C17H18N2O4S. The van der Waals surface area contributed by atoms with Gasteiger partial charge in [0.05, 0.1) is 16.6 Å². The van der Waals surface area contributed by atoms with E-state index < -0.39 is 11.9 Å². The van der Waals surface area contributed by atoms with Crippen molar-refractivity contribution in [3.63, 3.8) is 0 Å². The number of amides is 1. The smallest absolute Gasteiger partial charge is 0.308 e. The molecule has 1 atom stereocenters. The van der Waals surface area contributed by atoms with E-state index in [0.717, 1.165) is 10.7 Å². The number of carbonyl (C=O) groups excluding carboxylic acids is 1. The Labute approximate surface area is 143 Å². The number of thiazole rings is 1. The molecular weight excluding hydrogens is 328 g/mol. The molecule has 6 nitrogen and oxygen atoms in total. The number of aliphatic carboxylic acids is 1. The third-order valence-corrected chi connectivity index (χ3v) is 4.78. The molecule has 0 spiro atoms. The minimum absolute atomic E-state index is 0.159. The number of carboxylic acid groups (broad SMARTS) is 1. The van der Waals surface area contributed by atoms with Gasteiger partial charge in [-0.3, -0.25) is 9.59 Å². The fourth-order valence-corrected chi connectivity index (χ4v) is 3.28. The van der Waals surface area contributed by atoms with Crippen LogP contribution in [0.5, 0.6) is 5.75 Å². The number of carboxylic acids is 1. The van der Waals surface area contributed by atoms with E-state index in [1.807, 2.05) is 12.3 Å². The summed E-state index contributed by atoms with van der Waals surface area (Å²) in [4.78, 5) is 29.4. The zero-order valence-electron chi connectivity index (χ0n) is 13.3. The Bertz CT molecular complexity index is 759. The largest absolute Gasteiger partial charge is 0.487 e. The monoisotopic (exact) mass is 346 g/mol. The first kappa shape index (κ1) is 16.4. The Morgan fingerprint density at radius 1 is 1.46 bits per heavy atom. The standard InChI is InChI=1S/C17H18N2O4S/c1-11-18-14(10-24-11)9-23-15-4-2-3-12(7-15)16(20)19-6-5-13(8-19)17(21)22/h2-4,7,10,13H,5-6,8-9H2,1H3,(H,21,22). The molecule has 1 N–H and O–H groups in total. The second kappa shape index (κ2) is 7.00. The number of likely N-dealkylation sites (tertiary alicyclic amines) is 1. The molecule has 2 heterocycles. The van der Waals surface area contributed by atoms with E-state index in [4.69, 9.17) is 9.84 Å². The highest BCUT2D eigenvalue weighted by atomic mass is 32.1. The summed E-state index contributed by atoms with van der Waals surface area (Å²) in [5.41, 5.74) is 1.37. The van der Waals surface area contributed by atoms with Gasteiger partial charge >= 0.3 is 5.97 Å². The molecule has 2 aromatic rings. The van der Waals surface area contributed by atoms with E-state index in [2.05, 4.69) is 4.98 Å². The number of carbonyl (C=O) groups is 2. The van der Waals surface area contributed by atoms with Crippen molar-refractivity contribution in [2.45, 2.75) is 20.0 Å². The molecule has 1 saturated heterocycles. The summed E-state index contributed by atoms with van der Waals surface area (Å²) in [5, 5.41) is 12.0. The summed E-state index contributed by atoms with van der Waals surface area (Å²) >= 11 is 1.57. The Hall–Kier alpha value is -2.41. The molecule has 24 heavy (non-hydrogen) atoms. The van der Waals surface area contributed by atoms with Gasteiger partial charge in [0.2, 0.25) is 0 Å². The fourth-order valence-electron chi connectivity index (χ4n) is 2.68. The van der Waals surface area contributed by atoms with Crippen LogP contribution in [0.3, 0.4) is 0 Å². The molecule has 1 fully saturated rings. The lowest BCUT2D eigenvalue weighted by atomic mass is 10.1. The highest BCUT2D eigenvalue weighted by Crippen LogP contribution is 2.21. The molecule has 1 aliphatic heterocycles. The van der Waals surface area contributed by atoms with Gasteiger partial charge in [0, 0.05) is 24.0 Å². The predicted octanol–water partition coefficient (Wildman–Crippen LogP) is 2.58. The number of benzene rings is 1. The predicted molar refractivity (Wildman–Crippen MR) is 89.3 cm³/mol. The van der Waals surface area contributed by atoms with Gasteiger partial charge in [-0.1, -0.05) is 6.07 Å². The van der Waals surface area contributed by atoms with Crippen LogP contribution in [0.15, 0.2) is 29.6 Å². The lowest BCUT2D eigenvalue weighted by molar-refractivity contribution is -0.141. The number of hydrogen-bond acceptors (Lipinski definition) is 5. The average Bonchev–Trinajstić information content (AvgIpc) is 3.21. The van der Waals surface area contributed by atoms with Gasteiger partial charge in [0.25, 0.3) is 5.91 Å². The third kappa shape index (κ3) is 3.73. The lowest BCUT2D eigenvalue weighted by Gasteiger charge is -2.16. The second-order valence-electron chi connectivity index (χ2n) is 5.75. The maximum atomic E-state index is 12.5. The van der Waals surface area contributed by atoms with Crippen LogP contribution in [0.4, 0.5) is 0 Å². The van der Waals surface area contributed by atoms with E-state index in [1.165, 1.54) is 0 Å². The first-order valence-corrected chi connectivity index (χ1v) is 8.57. The van der Waals surface area contributed by atoms with E-state index in [1.54, 1.807) is 40.5 Å². The number of aryl methyl sites for hydroxylation is 1. The molecule has 1 aromatic heterocycles. The van der Waals surface area contributed by atoms with Crippen molar-refractivity contribution < 1.29 is 19.4 Å². The maximum absolute atomic E-state index is 12.5. The Balaban J connectivity index is 1.64. The zero-order valence-corrected chi connectivity index (χ0v) is 14.1. The first-order valence-electron chi connectivity index (χ1n) is 7.69. The molecule has 1 aromatic carbocycles. The van der Waals surface area contributed by atoms with E-state index >= 15 is 0 Å². The molecule has 0 bridgehead atoms. The molecule has 3 rings (SSSR count). The summed E-state index contributed by atoms with van der Waals surface area (Å²) in [5.74, 6) is -0.878. The molecule has 1 unspecified atom stereocenters. The SMILES string of the molecule is Cc1nc(COc2cccc(C(=O)N3CCC(C(=O)O)C3)c2)cs1. The van der Waals surface area contributed by atoms with E-state index in [9.17, 15) is 9.59 Å². The second-order valence-corrected chi connectivity index (χ2v) is 6.81. The van der Waals surface area contributed by atoms with Gasteiger partial charge in [0.1, 0.15) is 12.4 Å². The van der Waals surface area contributed by atoms with Gasteiger partial charge in [-0.25, -0.2) is 4.98 Å². The number of nitrogens with zero attached hydrogens (tertiary/aromatic N) is 2. The van der Waals surface area contributed by atoms with Crippen LogP contribution < -0.4 is 4.74 Å². The van der Waals surface area contributed by atoms with Crippen LogP contribution in [0, 0.1) is 12.8 Å². The summed E-state index contributed by atoms with van der Waals surface area (Å²) in [6, 6.07) is 6.96. The summed E-state index contributed by atoms with van der Waals surface area (Å²) in [6.07, 6.45) is 0.500. The first-order chi connectivity index (χ1) is 11.5. The van der Waals surface area contributed by atoms with E-state index in [-0.39, 0.29) is 12.5 Å². The van der Waals surface area contributed by atoms with Crippen LogP contribution in [-0.4, -0.2) is 40.0 Å². The Morgan fingerprint density at radius 2 is 2.29 bits per heavy atom. The Morgan fingerprint density at radius 3 is 2.96 bits per heavy atom. The number of hydrogen-bond donors (Lipinski definition) is 1.